The summed E-state index contributed by atoms with van der Waals surface area (Å²) in [5.41, 5.74) is 9.89. The number of ether oxygens (including phenoxy) is 2. The molecular weight excluding hydrogens is 388 g/mol. The number of hydrogen-bond donors (Lipinski definition) is 1. The standard InChI is InChI=1S/C26H26N2O3/c1-30-24-11-10-21(17-25(24)31-22-4-2-3-5-22)23(16-18-12-14-28-15-13-18)19-6-8-20(9-7-19)26(27)29/h6-17,22H,2-5H2,1H3,(H2,27,29)/b23-16+. The van der Waals surface area contributed by atoms with E-state index in [1.54, 1.807) is 31.6 Å². The van der Waals surface area contributed by atoms with E-state index < -0.39 is 5.91 Å². The molecule has 1 heterocycles. The van der Waals surface area contributed by atoms with Gasteiger partial charge >= 0.3 is 0 Å². The number of aromatic nitrogens is 1. The molecular formula is C26H26N2O3. The topological polar surface area (TPSA) is 74.4 Å². The molecule has 0 unspecified atom stereocenters. The zero-order chi connectivity index (χ0) is 21.6. The highest BCUT2D eigenvalue weighted by Gasteiger charge is 2.19. The minimum atomic E-state index is -0.442. The Morgan fingerprint density at radius 2 is 1.58 bits per heavy atom. The van der Waals surface area contributed by atoms with Crippen molar-refractivity contribution in [2.75, 3.05) is 7.11 Å². The fourth-order valence-corrected chi connectivity index (χ4v) is 3.90. The van der Waals surface area contributed by atoms with Gasteiger partial charge in [0.1, 0.15) is 0 Å². The van der Waals surface area contributed by atoms with Crippen LogP contribution < -0.4 is 15.2 Å². The molecule has 1 saturated carbocycles. The van der Waals surface area contributed by atoms with Gasteiger partial charge in [0.15, 0.2) is 11.5 Å². The minimum absolute atomic E-state index is 0.228. The zero-order valence-corrected chi connectivity index (χ0v) is 17.6. The van der Waals surface area contributed by atoms with E-state index in [1.165, 1.54) is 12.8 Å². The largest absolute Gasteiger partial charge is 0.493 e. The average molecular weight is 415 g/mol. The molecule has 2 N–H and O–H groups in total. The third-order valence-corrected chi connectivity index (χ3v) is 5.57. The molecule has 5 heteroatoms. The summed E-state index contributed by atoms with van der Waals surface area (Å²) in [7, 11) is 1.66. The van der Waals surface area contributed by atoms with Crippen LogP contribution in [-0.2, 0) is 0 Å². The predicted molar refractivity (Wildman–Crippen MR) is 122 cm³/mol. The van der Waals surface area contributed by atoms with Crippen molar-refractivity contribution >= 4 is 17.6 Å². The summed E-state index contributed by atoms with van der Waals surface area (Å²) < 4.78 is 11.9. The lowest BCUT2D eigenvalue weighted by Crippen LogP contribution is -2.12. The van der Waals surface area contributed by atoms with E-state index in [0.29, 0.717) is 5.56 Å². The van der Waals surface area contributed by atoms with Crippen molar-refractivity contribution in [2.45, 2.75) is 31.8 Å². The Balaban J connectivity index is 1.77. The van der Waals surface area contributed by atoms with Gasteiger partial charge in [0.25, 0.3) is 0 Å². The molecule has 0 bridgehead atoms. The smallest absolute Gasteiger partial charge is 0.248 e. The molecule has 5 nitrogen and oxygen atoms in total. The maximum absolute atomic E-state index is 11.5. The fraction of sp³-hybridized carbons (Fsp3) is 0.231. The number of nitrogens with zero attached hydrogens (tertiary/aromatic N) is 1. The number of methoxy groups -OCH3 is 1. The lowest BCUT2D eigenvalue weighted by molar-refractivity contribution is 0.100. The Hall–Kier alpha value is -3.60. The van der Waals surface area contributed by atoms with E-state index in [0.717, 1.165) is 46.6 Å². The van der Waals surface area contributed by atoms with Crippen LogP contribution in [-0.4, -0.2) is 24.1 Å². The van der Waals surface area contributed by atoms with Gasteiger partial charge in [-0.3, -0.25) is 9.78 Å². The summed E-state index contributed by atoms with van der Waals surface area (Å²) in [6.45, 7) is 0. The van der Waals surface area contributed by atoms with Crippen LogP contribution >= 0.6 is 0 Å². The molecule has 1 amide bonds. The molecule has 0 aliphatic heterocycles. The van der Waals surface area contributed by atoms with E-state index in [2.05, 4.69) is 11.1 Å². The van der Waals surface area contributed by atoms with Gasteiger partial charge in [0.2, 0.25) is 5.91 Å². The van der Waals surface area contributed by atoms with Crippen molar-refractivity contribution in [2.24, 2.45) is 5.73 Å². The van der Waals surface area contributed by atoms with Crippen LogP contribution in [0.5, 0.6) is 11.5 Å². The number of amides is 1. The SMILES string of the molecule is COc1ccc(/C(=C/c2ccncc2)c2ccc(C(N)=O)cc2)cc1OC1CCCC1. The van der Waals surface area contributed by atoms with E-state index in [4.69, 9.17) is 15.2 Å². The summed E-state index contributed by atoms with van der Waals surface area (Å²) in [5.74, 6) is 1.03. The number of rotatable bonds is 7. The van der Waals surface area contributed by atoms with Gasteiger partial charge in [-0.2, -0.15) is 0 Å². The van der Waals surface area contributed by atoms with Crippen molar-refractivity contribution in [3.8, 4) is 11.5 Å². The Kier molecular flexibility index (Phi) is 6.32. The Bertz CT molecular complexity index is 1070. The molecule has 0 spiro atoms. The summed E-state index contributed by atoms with van der Waals surface area (Å²) in [6.07, 6.45) is 10.4. The van der Waals surface area contributed by atoms with E-state index in [-0.39, 0.29) is 6.10 Å². The van der Waals surface area contributed by atoms with Crippen LogP contribution in [0, 0.1) is 0 Å². The van der Waals surface area contributed by atoms with Gasteiger partial charge in [0, 0.05) is 18.0 Å². The number of primary amides is 1. The van der Waals surface area contributed by atoms with E-state index >= 15 is 0 Å². The third-order valence-electron chi connectivity index (χ3n) is 5.57. The second kappa shape index (κ2) is 9.47. The highest BCUT2D eigenvalue weighted by atomic mass is 16.5. The van der Waals surface area contributed by atoms with Crippen molar-refractivity contribution in [1.82, 2.24) is 4.98 Å². The maximum atomic E-state index is 11.5. The van der Waals surface area contributed by atoms with Crippen molar-refractivity contribution in [1.29, 1.82) is 0 Å². The summed E-state index contributed by atoms with van der Waals surface area (Å²) in [4.78, 5) is 15.6. The molecule has 0 saturated heterocycles. The number of carbonyl (C=O) groups is 1. The van der Waals surface area contributed by atoms with Gasteiger partial charge < -0.3 is 15.2 Å². The second-order valence-corrected chi connectivity index (χ2v) is 7.67. The van der Waals surface area contributed by atoms with E-state index in [9.17, 15) is 4.79 Å². The highest BCUT2D eigenvalue weighted by molar-refractivity contribution is 5.95. The van der Waals surface area contributed by atoms with Crippen molar-refractivity contribution < 1.29 is 14.3 Å². The third kappa shape index (κ3) is 4.94. The molecule has 4 rings (SSSR count). The van der Waals surface area contributed by atoms with Gasteiger partial charge in [0.05, 0.1) is 13.2 Å². The Morgan fingerprint density at radius 3 is 2.23 bits per heavy atom. The van der Waals surface area contributed by atoms with E-state index in [1.807, 2.05) is 42.5 Å². The fourth-order valence-electron chi connectivity index (χ4n) is 3.90. The van der Waals surface area contributed by atoms with Crippen LogP contribution in [0.4, 0.5) is 0 Å². The lowest BCUT2D eigenvalue weighted by atomic mass is 9.94. The molecule has 0 atom stereocenters. The summed E-state index contributed by atoms with van der Waals surface area (Å²) >= 11 is 0. The van der Waals surface area contributed by atoms with Crippen LogP contribution in [0.25, 0.3) is 11.6 Å². The first-order valence-electron chi connectivity index (χ1n) is 10.5. The molecule has 1 aromatic heterocycles. The maximum Gasteiger partial charge on any atom is 0.248 e. The van der Waals surface area contributed by atoms with Gasteiger partial charge in [-0.25, -0.2) is 0 Å². The molecule has 31 heavy (non-hydrogen) atoms. The van der Waals surface area contributed by atoms with Crippen LogP contribution in [0.1, 0.15) is 52.7 Å². The highest BCUT2D eigenvalue weighted by Crippen LogP contribution is 2.36. The molecule has 2 aromatic carbocycles. The van der Waals surface area contributed by atoms with Crippen LogP contribution in [0.15, 0.2) is 67.0 Å². The number of carbonyl (C=O) groups excluding carboxylic acids is 1. The number of pyridine rings is 1. The first-order valence-corrected chi connectivity index (χ1v) is 10.5. The van der Waals surface area contributed by atoms with Crippen LogP contribution in [0.2, 0.25) is 0 Å². The van der Waals surface area contributed by atoms with Crippen molar-refractivity contribution in [3.05, 3.63) is 89.2 Å². The average Bonchev–Trinajstić information content (AvgIpc) is 3.31. The minimum Gasteiger partial charge on any atom is -0.493 e. The van der Waals surface area contributed by atoms with Gasteiger partial charge in [-0.1, -0.05) is 18.2 Å². The molecule has 1 fully saturated rings. The van der Waals surface area contributed by atoms with Gasteiger partial charge in [-0.15, -0.1) is 0 Å². The number of benzene rings is 2. The molecule has 3 aromatic rings. The van der Waals surface area contributed by atoms with Crippen molar-refractivity contribution in [3.63, 3.8) is 0 Å². The number of nitrogens with two attached hydrogens (primary N) is 1. The Morgan fingerprint density at radius 1 is 0.935 bits per heavy atom. The molecule has 158 valence electrons. The predicted octanol–water partition coefficient (Wildman–Crippen LogP) is 5.10. The second-order valence-electron chi connectivity index (χ2n) is 7.67. The molecule has 1 aliphatic rings. The lowest BCUT2D eigenvalue weighted by Gasteiger charge is -2.18. The molecule has 0 radical (unpaired) electrons. The quantitative estimate of drug-likeness (QED) is 0.584. The monoisotopic (exact) mass is 414 g/mol. The Labute approximate surface area is 182 Å². The summed E-state index contributed by atoms with van der Waals surface area (Å²) in [6, 6.07) is 17.2. The summed E-state index contributed by atoms with van der Waals surface area (Å²) in [5, 5.41) is 0. The molecule has 1 aliphatic carbocycles. The first kappa shape index (κ1) is 20.7. The van der Waals surface area contributed by atoms with Gasteiger partial charge in [-0.05, 0) is 90.4 Å². The van der Waals surface area contributed by atoms with Crippen LogP contribution in [0.3, 0.4) is 0 Å². The zero-order valence-electron chi connectivity index (χ0n) is 17.6. The number of hydrogen-bond acceptors (Lipinski definition) is 4. The normalized spacial score (nSPS) is 14.4. The first-order chi connectivity index (χ1) is 15.1.